The monoisotopic (exact) mass is 1300 g/mol. The summed E-state index contributed by atoms with van der Waals surface area (Å²) in [6.45, 7) is 63.2. The molecule has 0 spiro atoms. The first-order valence-corrected chi connectivity index (χ1v) is 27.4. The second-order valence-corrected chi connectivity index (χ2v) is 14.7. The molecule has 0 aromatic heterocycles. The van der Waals surface area contributed by atoms with Gasteiger partial charge in [-0.2, -0.15) is 0 Å². The van der Waals surface area contributed by atoms with E-state index in [-0.39, 0.29) is 48.9 Å². The average Bonchev–Trinajstić information content (AvgIpc) is 3.59. The lowest BCUT2D eigenvalue weighted by Gasteiger charge is -2.24. The van der Waals surface area contributed by atoms with Crippen LogP contribution in [0.15, 0.2) is 60.7 Å². The molecule has 89 heavy (non-hydrogen) atoms. The third-order valence-electron chi connectivity index (χ3n) is 7.60. The highest BCUT2D eigenvalue weighted by Gasteiger charge is 2.11. The van der Waals surface area contributed by atoms with Gasteiger partial charge in [0.05, 0.1) is 0 Å². The van der Waals surface area contributed by atoms with Gasteiger partial charge in [-0.05, 0) is 122 Å². The molecule has 0 radical (unpaired) electrons. The number of nitrogens with two attached hydrogens (primary N) is 5. The van der Waals surface area contributed by atoms with Crippen molar-refractivity contribution in [3.8, 4) is 0 Å². The molecule has 1 amide bonds. The van der Waals surface area contributed by atoms with Gasteiger partial charge in [-0.15, -0.1) is 0 Å². The van der Waals surface area contributed by atoms with Crippen LogP contribution in [0.3, 0.4) is 0 Å². The zero-order valence-corrected chi connectivity index (χ0v) is 61.9. The molecule has 0 bridgehead atoms. The van der Waals surface area contributed by atoms with E-state index in [9.17, 15) is 4.79 Å². The molecular formula is C64H158N12O13. The minimum Gasteiger partial charge on any atom is -0.394 e. The van der Waals surface area contributed by atoms with Gasteiger partial charge in [-0.1, -0.05) is 190 Å². The molecule has 0 atom stereocenters. The summed E-state index contributed by atoms with van der Waals surface area (Å²) in [5.74, 6) is 2.88. The van der Waals surface area contributed by atoms with Crippen LogP contribution in [0.1, 0.15) is 194 Å². The summed E-state index contributed by atoms with van der Waals surface area (Å²) in [7, 11) is 4.50. The molecule has 1 aliphatic heterocycles. The van der Waals surface area contributed by atoms with Crippen molar-refractivity contribution < 1.29 is 62.6 Å². The number of nitrogens with zero attached hydrogens (tertiary/aromatic N) is 1. The number of likely N-dealkylation sites (tertiary alicyclic amines) is 1. The Balaban J connectivity index is -0.0000000184. The highest BCUT2D eigenvalue weighted by atomic mass is 16.3. The van der Waals surface area contributed by atoms with Gasteiger partial charge in [-0.3, -0.25) is 4.79 Å². The molecule has 1 fully saturated rings. The number of rotatable bonds is 8. The Hall–Kier alpha value is -6.20. The number of hydrogen-bond acceptors (Lipinski definition) is 24. The normalized spacial score (nSPS) is 7.25. The smallest absolute Gasteiger partial charge is 0.219 e. The fourth-order valence-corrected chi connectivity index (χ4v) is 2.84. The van der Waals surface area contributed by atoms with Crippen molar-refractivity contribution in [1.29, 1.82) is 0 Å². The summed E-state index contributed by atoms with van der Waals surface area (Å²) in [6.07, 6.45) is 13.2. The molecule has 2 aromatic rings. The van der Waals surface area contributed by atoms with Gasteiger partial charge in [0.2, 0.25) is 5.91 Å². The number of unbranched alkanes of at least 4 members (excludes halogenated alkanes) is 1. The van der Waals surface area contributed by atoms with Gasteiger partial charge in [0.1, 0.15) is 74.7 Å². The molecule has 1 aliphatic rings. The van der Waals surface area contributed by atoms with E-state index in [0.717, 1.165) is 63.2 Å². The molecule has 29 N–H and O–H groups in total. The van der Waals surface area contributed by atoms with Gasteiger partial charge in [-0.25, -0.2) is 0 Å². The molecule has 25 nitrogen and oxygen atoms in total. The van der Waals surface area contributed by atoms with Crippen molar-refractivity contribution >= 4 is 80.6 Å². The predicted octanol–water partition coefficient (Wildman–Crippen LogP) is 11.9. The van der Waals surface area contributed by atoms with E-state index in [1.807, 2.05) is 106 Å². The number of amides is 1. The van der Waals surface area contributed by atoms with Crippen LogP contribution in [0.5, 0.6) is 0 Å². The van der Waals surface area contributed by atoms with Gasteiger partial charge in [0.25, 0.3) is 0 Å². The second kappa shape index (κ2) is 292. The third-order valence-corrected chi connectivity index (χ3v) is 7.60. The Bertz CT molecular complexity index is 1000. The number of hydrogen-bond donors (Lipinski definition) is 12. The van der Waals surface area contributed by atoms with E-state index in [1.54, 1.807) is 20.8 Å². The number of benzene rings is 2. The first-order valence-electron chi connectivity index (χ1n) is 27.4. The maximum absolute atomic E-state index is 10.7. The standard InChI is InChI=1S/2C8H10.C7H13NO.3C5H12.C4H11N.C3H9N.C3H8O.C2H6.3CH5N.11CH2O.6H3N/c2*1-2-8-6-4-3-5-7-8;1-7(9)8-5-3-2-4-6-8;3*1-4-5(2)3;1-2-3-4-5;1-2-3-4;1-3(2)4;15*1-2;;;;;;/h2*3-7H,2H2,1H3;2-6H2,1H3;3*5H,4H2,1-3H3;2-5H2,1H3;2-4H2,1H3;3-4H,1-2H3;1-2H3;3*2H2,1H3;11*1H2;6*1H3. The second-order valence-electron chi connectivity index (χ2n) is 14.7. The van der Waals surface area contributed by atoms with Crippen molar-refractivity contribution in [2.75, 3.05) is 47.3 Å². The highest BCUT2D eigenvalue weighted by Crippen LogP contribution is 2.07. The molecule has 1 saturated heterocycles. The first kappa shape index (κ1) is 178. The zero-order chi connectivity index (χ0) is 72.3. The lowest BCUT2D eigenvalue weighted by molar-refractivity contribution is -0.129. The third kappa shape index (κ3) is 430. The fourth-order valence-electron chi connectivity index (χ4n) is 2.84. The van der Waals surface area contributed by atoms with Crippen LogP contribution in [0.4, 0.5) is 0 Å². The van der Waals surface area contributed by atoms with Gasteiger partial charge < -0.3 is 128 Å². The summed E-state index contributed by atoms with van der Waals surface area (Å²) in [5.41, 5.74) is 26.5. The lowest BCUT2D eigenvalue weighted by atomic mass is 10.1. The topological polar surface area (TPSA) is 568 Å². The summed E-state index contributed by atoms with van der Waals surface area (Å²) < 4.78 is 0. The molecular weight excluding hydrogens is 1140 g/mol. The van der Waals surface area contributed by atoms with E-state index < -0.39 is 0 Å². The minimum absolute atomic E-state index is 0. The van der Waals surface area contributed by atoms with Crippen molar-refractivity contribution in [1.82, 2.24) is 41.8 Å². The Morgan fingerprint density at radius 2 is 0.573 bits per heavy atom. The van der Waals surface area contributed by atoms with E-state index in [2.05, 4.69) is 156 Å². The van der Waals surface area contributed by atoms with Gasteiger partial charge in [0, 0.05) is 26.1 Å². The summed E-state index contributed by atoms with van der Waals surface area (Å²) >= 11 is 0. The van der Waals surface area contributed by atoms with Crippen LogP contribution < -0.4 is 65.6 Å². The van der Waals surface area contributed by atoms with Crippen LogP contribution >= 0.6 is 0 Å². The molecule has 2 aromatic carbocycles. The van der Waals surface area contributed by atoms with E-state index in [4.69, 9.17) is 69.3 Å². The summed E-state index contributed by atoms with van der Waals surface area (Å²) in [5, 5.41) is 8.06. The molecule has 1 heterocycles. The number of carbonyl (C=O) groups excluding carboxylic acids is 12. The highest BCUT2D eigenvalue weighted by molar-refractivity contribution is 5.73. The van der Waals surface area contributed by atoms with Crippen LogP contribution in [0.25, 0.3) is 0 Å². The van der Waals surface area contributed by atoms with Crippen LogP contribution in [-0.2, 0) is 70.4 Å². The summed E-state index contributed by atoms with van der Waals surface area (Å²) in [6, 6.07) is 20.9. The maximum atomic E-state index is 10.7. The lowest BCUT2D eigenvalue weighted by Crippen LogP contribution is -2.33. The largest absolute Gasteiger partial charge is 0.394 e. The van der Waals surface area contributed by atoms with E-state index in [1.165, 1.54) is 83.6 Å². The van der Waals surface area contributed by atoms with Crippen molar-refractivity contribution in [2.24, 2.45) is 46.4 Å². The quantitative estimate of drug-likeness (QED) is 0.117. The molecule has 3 rings (SSSR count). The number of piperidine rings is 1. The van der Waals surface area contributed by atoms with E-state index >= 15 is 0 Å². The SMILES string of the molecule is C=O.C=O.C=O.C=O.C=O.C=O.C=O.C=O.C=O.C=O.C=O.CC.CC(=O)N1CCCCC1.CC(C)O.CCC(C)C.CCC(C)C.CCC(C)C.CCCCN.CCCN.CCc1ccccc1.CCc1ccccc1.CN.CN.CN.N.N.N.N.N.N. The fraction of sp³-hybridized carbons (Fsp3) is 0.625. The van der Waals surface area contributed by atoms with Crippen LogP contribution in [0, 0.1) is 17.8 Å². The summed E-state index contributed by atoms with van der Waals surface area (Å²) in [4.78, 5) is 101. The number of aryl methyl sites for hydroxylation is 2. The maximum Gasteiger partial charge on any atom is 0.219 e. The minimum atomic E-state index is -0.167. The van der Waals surface area contributed by atoms with Crippen molar-refractivity contribution in [2.45, 2.75) is 201 Å². The average molecular weight is 1300 g/mol. The predicted molar refractivity (Wildman–Crippen MR) is 394 cm³/mol. The Morgan fingerprint density at radius 1 is 0.404 bits per heavy atom. The molecule has 0 saturated carbocycles. The van der Waals surface area contributed by atoms with Crippen LogP contribution in [0.2, 0.25) is 0 Å². The molecule has 0 unspecified atom stereocenters. The Morgan fingerprint density at radius 3 is 0.640 bits per heavy atom. The first-order chi connectivity index (χ1) is 40.0. The van der Waals surface area contributed by atoms with Crippen molar-refractivity contribution in [3.63, 3.8) is 0 Å². The van der Waals surface area contributed by atoms with Crippen molar-refractivity contribution in [3.05, 3.63) is 71.8 Å². The molecule has 552 valence electrons. The van der Waals surface area contributed by atoms with Crippen LogP contribution in [-0.4, -0.2) is 144 Å². The number of carbonyl (C=O) groups is 12. The van der Waals surface area contributed by atoms with Gasteiger partial charge in [0.15, 0.2) is 0 Å². The Labute approximate surface area is 550 Å². The number of aliphatic hydroxyl groups is 1. The van der Waals surface area contributed by atoms with E-state index in [0.29, 0.717) is 0 Å². The number of aliphatic hydroxyl groups excluding tert-OH is 1. The zero-order valence-electron chi connectivity index (χ0n) is 61.9. The molecule has 0 aliphatic carbocycles. The van der Waals surface area contributed by atoms with Gasteiger partial charge >= 0.3 is 0 Å². The molecule has 25 heteroatoms. The Kier molecular flexibility index (Phi) is 583.